The van der Waals surface area contributed by atoms with Crippen molar-refractivity contribution in [1.29, 1.82) is 0 Å². The van der Waals surface area contributed by atoms with E-state index in [2.05, 4.69) is 20.7 Å². The summed E-state index contributed by atoms with van der Waals surface area (Å²) in [5, 5.41) is 9.11. The highest BCUT2D eigenvalue weighted by Crippen LogP contribution is 2.36. The fraction of sp³-hybridized carbons (Fsp3) is 0.0714. The molecule has 0 heterocycles. The number of alkyl halides is 3. The molecule has 2 rings (SSSR count). The average Bonchev–Trinajstić information content (AvgIpc) is 2.41. The largest absolute Gasteiger partial charge is 0.573 e. The minimum atomic E-state index is -4.88. The molecule has 0 saturated carbocycles. The lowest BCUT2D eigenvalue weighted by atomic mass is 10.2. The number of halogens is 4. The van der Waals surface area contributed by atoms with Gasteiger partial charge in [0.1, 0.15) is 11.3 Å². The van der Waals surface area contributed by atoms with E-state index in [9.17, 15) is 18.0 Å². The van der Waals surface area contributed by atoms with E-state index in [4.69, 9.17) is 9.84 Å². The lowest BCUT2D eigenvalue weighted by Crippen LogP contribution is -2.17. The number of benzene rings is 2. The maximum Gasteiger partial charge on any atom is 0.573 e. The number of ether oxygens (including phenoxy) is 2. The number of para-hydroxylation sites is 2. The second kappa shape index (κ2) is 6.27. The number of carbonyl (C=O) groups is 1. The monoisotopic (exact) mass is 376 g/mol. The molecular formula is C14H8BrF3O4. The molecule has 0 spiro atoms. The molecule has 2 aromatic carbocycles. The molecule has 0 unspecified atom stereocenters. The van der Waals surface area contributed by atoms with Crippen molar-refractivity contribution in [2.75, 3.05) is 0 Å². The zero-order valence-electron chi connectivity index (χ0n) is 10.7. The van der Waals surface area contributed by atoms with E-state index in [-0.39, 0.29) is 17.1 Å². The Morgan fingerprint density at radius 2 is 1.68 bits per heavy atom. The number of rotatable bonds is 4. The maximum atomic E-state index is 12.3. The molecule has 0 radical (unpaired) electrons. The molecule has 0 fully saturated rings. The number of carboxylic acids is 1. The third kappa shape index (κ3) is 4.14. The SMILES string of the molecule is O=C(O)c1cc(Br)ccc1Oc1ccccc1OC(F)(F)F. The van der Waals surface area contributed by atoms with Crippen molar-refractivity contribution in [2.24, 2.45) is 0 Å². The molecule has 2 aromatic rings. The van der Waals surface area contributed by atoms with Crippen molar-refractivity contribution in [2.45, 2.75) is 6.36 Å². The quantitative estimate of drug-likeness (QED) is 0.829. The van der Waals surface area contributed by atoms with Gasteiger partial charge in [-0.25, -0.2) is 4.79 Å². The maximum absolute atomic E-state index is 12.3. The Labute approximate surface area is 131 Å². The van der Waals surface area contributed by atoms with Crippen LogP contribution in [0.5, 0.6) is 17.2 Å². The Morgan fingerprint density at radius 3 is 2.27 bits per heavy atom. The highest BCUT2D eigenvalue weighted by atomic mass is 79.9. The van der Waals surface area contributed by atoms with E-state index in [1.165, 1.54) is 36.4 Å². The summed E-state index contributed by atoms with van der Waals surface area (Å²) in [5.74, 6) is -2.18. The first kappa shape index (κ1) is 16.2. The summed E-state index contributed by atoms with van der Waals surface area (Å²) in [6, 6.07) is 9.22. The van der Waals surface area contributed by atoms with Gasteiger partial charge in [0.05, 0.1) is 0 Å². The van der Waals surface area contributed by atoms with Gasteiger partial charge in [-0.3, -0.25) is 0 Å². The summed E-state index contributed by atoms with van der Waals surface area (Å²) in [7, 11) is 0. The van der Waals surface area contributed by atoms with Gasteiger partial charge in [-0.05, 0) is 30.3 Å². The van der Waals surface area contributed by atoms with E-state index in [1.807, 2.05) is 0 Å². The fourth-order valence-electron chi connectivity index (χ4n) is 1.62. The molecule has 116 valence electrons. The molecule has 0 amide bonds. The van der Waals surface area contributed by atoms with Crippen LogP contribution in [0.1, 0.15) is 10.4 Å². The molecule has 0 aliphatic rings. The van der Waals surface area contributed by atoms with Crippen LogP contribution >= 0.6 is 15.9 Å². The van der Waals surface area contributed by atoms with Crippen LogP contribution in [-0.4, -0.2) is 17.4 Å². The second-order valence-electron chi connectivity index (χ2n) is 4.04. The van der Waals surface area contributed by atoms with Crippen molar-refractivity contribution in [1.82, 2.24) is 0 Å². The van der Waals surface area contributed by atoms with Gasteiger partial charge in [0.2, 0.25) is 0 Å². The number of hydrogen-bond acceptors (Lipinski definition) is 3. The number of aromatic carboxylic acids is 1. The Morgan fingerprint density at radius 1 is 1.05 bits per heavy atom. The molecular weight excluding hydrogens is 369 g/mol. The highest BCUT2D eigenvalue weighted by Gasteiger charge is 2.32. The molecule has 4 nitrogen and oxygen atoms in total. The summed E-state index contributed by atoms with van der Waals surface area (Å²) in [5.41, 5.74) is -0.198. The molecule has 1 N–H and O–H groups in total. The van der Waals surface area contributed by atoms with Gasteiger partial charge in [-0.15, -0.1) is 13.2 Å². The zero-order chi connectivity index (χ0) is 16.3. The predicted molar refractivity (Wildman–Crippen MR) is 74.3 cm³/mol. The van der Waals surface area contributed by atoms with Crippen molar-refractivity contribution < 1.29 is 32.5 Å². The summed E-state index contributed by atoms with van der Waals surface area (Å²) in [6.45, 7) is 0. The van der Waals surface area contributed by atoms with E-state index in [0.717, 1.165) is 6.07 Å². The summed E-state index contributed by atoms with van der Waals surface area (Å²) < 4.78 is 46.6. The predicted octanol–water partition coefficient (Wildman–Crippen LogP) is 4.84. The topological polar surface area (TPSA) is 55.8 Å². The van der Waals surface area contributed by atoms with Crippen LogP contribution < -0.4 is 9.47 Å². The molecule has 0 atom stereocenters. The Kier molecular flexibility index (Phi) is 4.60. The Balaban J connectivity index is 2.38. The van der Waals surface area contributed by atoms with Crippen LogP contribution in [0.25, 0.3) is 0 Å². The third-order valence-corrected chi connectivity index (χ3v) is 2.96. The molecule has 0 aliphatic carbocycles. The van der Waals surface area contributed by atoms with Gasteiger partial charge in [0.25, 0.3) is 0 Å². The molecule has 0 aliphatic heterocycles. The Bertz CT molecular complexity index is 701. The van der Waals surface area contributed by atoms with Crippen LogP contribution in [0.3, 0.4) is 0 Å². The normalized spacial score (nSPS) is 11.1. The van der Waals surface area contributed by atoms with E-state index >= 15 is 0 Å². The van der Waals surface area contributed by atoms with Gasteiger partial charge >= 0.3 is 12.3 Å². The van der Waals surface area contributed by atoms with Crippen LogP contribution in [0.4, 0.5) is 13.2 Å². The lowest BCUT2D eigenvalue weighted by molar-refractivity contribution is -0.275. The van der Waals surface area contributed by atoms with Crippen molar-refractivity contribution in [3.05, 3.63) is 52.5 Å². The van der Waals surface area contributed by atoms with Gasteiger partial charge in [-0.2, -0.15) is 0 Å². The standard InChI is InChI=1S/C14H8BrF3O4/c15-8-5-6-10(9(7-8)13(19)20)21-11-3-1-2-4-12(11)22-14(16,17)18/h1-7H,(H,19,20). The second-order valence-corrected chi connectivity index (χ2v) is 4.96. The average molecular weight is 377 g/mol. The number of carboxylic acid groups (broad SMARTS) is 1. The van der Waals surface area contributed by atoms with Crippen molar-refractivity contribution in [3.8, 4) is 17.2 Å². The van der Waals surface area contributed by atoms with Crippen LogP contribution in [0.15, 0.2) is 46.9 Å². The molecule has 0 bridgehead atoms. The zero-order valence-corrected chi connectivity index (χ0v) is 12.3. The van der Waals surface area contributed by atoms with Crippen LogP contribution in [0, 0.1) is 0 Å². The first-order valence-electron chi connectivity index (χ1n) is 5.82. The van der Waals surface area contributed by atoms with Gasteiger partial charge < -0.3 is 14.6 Å². The van der Waals surface area contributed by atoms with Crippen molar-refractivity contribution >= 4 is 21.9 Å². The van der Waals surface area contributed by atoms with Gasteiger partial charge in [0.15, 0.2) is 11.5 Å². The summed E-state index contributed by atoms with van der Waals surface area (Å²) in [4.78, 5) is 11.2. The minimum absolute atomic E-state index is 0.103. The van der Waals surface area contributed by atoms with Crippen LogP contribution in [0.2, 0.25) is 0 Å². The van der Waals surface area contributed by atoms with E-state index in [0.29, 0.717) is 4.47 Å². The van der Waals surface area contributed by atoms with Crippen LogP contribution in [-0.2, 0) is 0 Å². The van der Waals surface area contributed by atoms with E-state index in [1.54, 1.807) is 0 Å². The van der Waals surface area contributed by atoms with E-state index < -0.39 is 18.1 Å². The van der Waals surface area contributed by atoms with Crippen molar-refractivity contribution in [3.63, 3.8) is 0 Å². The number of hydrogen-bond donors (Lipinski definition) is 1. The minimum Gasteiger partial charge on any atom is -0.478 e. The molecule has 0 saturated heterocycles. The fourth-order valence-corrected chi connectivity index (χ4v) is 1.98. The lowest BCUT2D eigenvalue weighted by Gasteiger charge is -2.14. The Hall–Kier alpha value is -2.22. The summed E-state index contributed by atoms with van der Waals surface area (Å²) in [6.07, 6.45) is -4.88. The smallest absolute Gasteiger partial charge is 0.478 e. The summed E-state index contributed by atoms with van der Waals surface area (Å²) >= 11 is 3.11. The first-order chi connectivity index (χ1) is 10.3. The molecule has 22 heavy (non-hydrogen) atoms. The third-order valence-electron chi connectivity index (χ3n) is 2.47. The van der Waals surface area contributed by atoms with Gasteiger partial charge in [-0.1, -0.05) is 28.1 Å². The molecule has 0 aromatic heterocycles. The molecule has 8 heteroatoms. The highest BCUT2D eigenvalue weighted by molar-refractivity contribution is 9.10. The first-order valence-corrected chi connectivity index (χ1v) is 6.61. The van der Waals surface area contributed by atoms with Gasteiger partial charge in [0, 0.05) is 4.47 Å².